The van der Waals surface area contributed by atoms with Crippen LogP contribution in [0.2, 0.25) is 0 Å². The van der Waals surface area contributed by atoms with Gasteiger partial charge in [-0.05, 0) is 39.5 Å². The normalized spacial score (nSPS) is 12.1. The predicted octanol–water partition coefficient (Wildman–Crippen LogP) is 3.41. The van der Waals surface area contributed by atoms with Gasteiger partial charge < -0.3 is 0 Å². The Kier molecular flexibility index (Phi) is 4.79. The first kappa shape index (κ1) is 15.0. The molecule has 2 rings (SSSR count). The Balaban J connectivity index is 2.10. The van der Waals surface area contributed by atoms with Gasteiger partial charge in [0, 0.05) is 21.5 Å². The van der Waals surface area contributed by atoms with E-state index < -0.39 is 15.7 Å². The van der Waals surface area contributed by atoms with Crippen molar-refractivity contribution in [2.24, 2.45) is 0 Å². The second-order valence-electron chi connectivity index (χ2n) is 3.76. The summed E-state index contributed by atoms with van der Waals surface area (Å²) in [6.07, 6.45) is 0. The first-order valence-corrected chi connectivity index (χ1v) is 8.37. The molecule has 0 radical (unpaired) electrons. The first-order valence-electron chi connectivity index (χ1n) is 5.38. The minimum atomic E-state index is -1.51. The fourth-order valence-corrected chi connectivity index (χ4v) is 4.09. The van der Waals surface area contributed by atoms with Crippen LogP contribution in [0.3, 0.4) is 0 Å². The minimum Gasteiger partial charge on any atom is -0.292 e. The van der Waals surface area contributed by atoms with E-state index in [0.29, 0.717) is 14.2 Å². The molecule has 20 heavy (non-hydrogen) atoms. The van der Waals surface area contributed by atoms with Gasteiger partial charge in [0.1, 0.15) is 0 Å². The summed E-state index contributed by atoms with van der Waals surface area (Å²) in [5.74, 6) is -0.361. The summed E-state index contributed by atoms with van der Waals surface area (Å²) in [5.41, 5.74) is -0.0712. The molecular weight excluding hydrogens is 366 g/mol. The lowest BCUT2D eigenvalue weighted by Gasteiger charge is -2.01. The molecule has 1 atom stereocenters. The Bertz CT molecular complexity index is 681. The van der Waals surface area contributed by atoms with Crippen molar-refractivity contribution in [1.29, 1.82) is 0 Å². The van der Waals surface area contributed by atoms with Gasteiger partial charge in [0.15, 0.2) is 5.78 Å². The van der Waals surface area contributed by atoms with E-state index in [9.17, 15) is 19.1 Å². The van der Waals surface area contributed by atoms with Gasteiger partial charge in [-0.25, -0.2) is 0 Å². The second kappa shape index (κ2) is 6.38. The number of carbonyl (C=O) groups excluding carboxylic acids is 1. The Morgan fingerprint density at radius 3 is 2.45 bits per heavy atom. The zero-order valence-electron chi connectivity index (χ0n) is 9.95. The Morgan fingerprint density at radius 2 is 1.95 bits per heavy atom. The molecule has 1 unspecified atom stereocenters. The number of hydrogen-bond acceptors (Lipinski definition) is 5. The lowest BCUT2D eigenvalue weighted by Crippen LogP contribution is -2.10. The molecule has 1 heterocycles. The van der Waals surface area contributed by atoms with Crippen LogP contribution in [0.15, 0.2) is 45.1 Å². The zero-order chi connectivity index (χ0) is 14.7. The quantitative estimate of drug-likeness (QED) is 0.457. The molecule has 1 aromatic heterocycles. The van der Waals surface area contributed by atoms with Crippen LogP contribution >= 0.6 is 27.3 Å². The number of carbonyl (C=O) groups is 1. The van der Waals surface area contributed by atoms with E-state index in [0.717, 1.165) is 0 Å². The number of halogens is 1. The van der Waals surface area contributed by atoms with Crippen molar-refractivity contribution in [3.8, 4) is 0 Å². The predicted molar refractivity (Wildman–Crippen MR) is 80.7 cm³/mol. The van der Waals surface area contributed by atoms with Crippen molar-refractivity contribution in [1.82, 2.24) is 0 Å². The van der Waals surface area contributed by atoms with E-state index in [1.165, 1.54) is 35.6 Å². The van der Waals surface area contributed by atoms with Crippen molar-refractivity contribution in [3.05, 3.63) is 55.2 Å². The average molecular weight is 374 g/mol. The number of benzene rings is 1. The van der Waals surface area contributed by atoms with Crippen LogP contribution in [0.25, 0.3) is 0 Å². The van der Waals surface area contributed by atoms with Crippen LogP contribution in [-0.2, 0) is 10.8 Å². The van der Waals surface area contributed by atoms with Gasteiger partial charge in [-0.3, -0.25) is 19.1 Å². The lowest BCUT2D eigenvalue weighted by atomic mass is 10.3. The van der Waals surface area contributed by atoms with Gasteiger partial charge in [-0.15, -0.1) is 11.3 Å². The summed E-state index contributed by atoms with van der Waals surface area (Å²) < 4.78 is 12.7. The lowest BCUT2D eigenvalue weighted by molar-refractivity contribution is -0.384. The molecule has 0 saturated heterocycles. The van der Waals surface area contributed by atoms with Crippen LogP contribution < -0.4 is 0 Å². The number of non-ortho nitro benzene ring substituents is 1. The summed E-state index contributed by atoms with van der Waals surface area (Å²) in [4.78, 5) is 22.9. The van der Waals surface area contributed by atoms with E-state index in [-0.39, 0.29) is 17.2 Å². The molecule has 2 aromatic rings. The molecular formula is C12H8BrNO4S2. The first-order chi connectivity index (χ1) is 9.49. The molecule has 104 valence electrons. The summed E-state index contributed by atoms with van der Waals surface area (Å²) in [6, 6.07) is 7.13. The van der Waals surface area contributed by atoms with Crippen molar-refractivity contribution in [3.63, 3.8) is 0 Å². The molecule has 0 aliphatic carbocycles. The maximum atomic E-state index is 12.1. The molecule has 0 spiro atoms. The fourth-order valence-electron chi connectivity index (χ4n) is 1.48. The zero-order valence-corrected chi connectivity index (χ0v) is 13.2. The van der Waals surface area contributed by atoms with Crippen LogP contribution in [0.4, 0.5) is 5.69 Å². The van der Waals surface area contributed by atoms with Crippen LogP contribution in [0.5, 0.6) is 0 Å². The highest BCUT2D eigenvalue weighted by molar-refractivity contribution is 9.10. The van der Waals surface area contributed by atoms with E-state index in [1.54, 1.807) is 11.4 Å². The molecule has 5 nitrogen and oxygen atoms in total. The van der Waals surface area contributed by atoms with Gasteiger partial charge in [0.05, 0.1) is 26.4 Å². The van der Waals surface area contributed by atoms with Gasteiger partial charge >= 0.3 is 0 Å². The highest BCUT2D eigenvalue weighted by atomic mass is 79.9. The molecule has 8 heteroatoms. The minimum absolute atomic E-state index is 0.0712. The molecule has 0 fully saturated rings. The highest BCUT2D eigenvalue weighted by Crippen LogP contribution is 2.24. The SMILES string of the molecule is O=C(CS(=O)c1ccc([N+](=O)[O-])cc1)c1sccc1Br. The van der Waals surface area contributed by atoms with Gasteiger partial charge in [0.2, 0.25) is 0 Å². The molecule has 0 saturated carbocycles. The van der Waals surface area contributed by atoms with Crippen molar-refractivity contribution in [2.45, 2.75) is 4.90 Å². The maximum absolute atomic E-state index is 12.1. The Labute approximate surface area is 129 Å². The highest BCUT2D eigenvalue weighted by Gasteiger charge is 2.16. The number of rotatable bonds is 5. The van der Waals surface area contributed by atoms with E-state index in [2.05, 4.69) is 15.9 Å². The van der Waals surface area contributed by atoms with Crippen LogP contribution in [0.1, 0.15) is 9.67 Å². The third-order valence-corrected chi connectivity index (χ3v) is 5.64. The number of thiophene rings is 1. The fraction of sp³-hybridized carbons (Fsp3) is 0.0833. The molecule has 0 N–H and O–H groups in total. The third kappa shape index (κ3) is 3.38. The molecule has 1 aromatic carbocycles. The van der Waals surface area contributed by atoms with Crippen LogP contribution in [-0.4, -0.2) is 20.7 Å². The Hall–Kier alpha value is -1.38. The summed E-state index contributed by atoms with van der Waals surface area (Å²) >= 11 is 4.54. The van der Waals surface area contributed by atoms with Gasteiger partial charge in [-0.2, -0.15) is 0 Å². The summed E-state index contributed by atoms with van der Waals surface area (Å²) in [6.45, 7) is 0. The van der Waals surface area contributed by atoms with Crippen molar-refractivity contribution in [2.75, 3.05) is 5.75 Å². The molecule has 0 bridgehead atoms. The van der Waals surface area contributed by atoms with Crippen LogP contribution in [0, 0.1) is 10.1 Å². The van der Waals surface area contributed by atoms with E-state index in [1.807, 2.05) is 0 Å². The number of ketones is 1. The molecule has 0 aliphatic heterocycles. The summed E-state index contributed by atoms with van der Waals surface area (Å²) in [5, 5.41) is 12.3. The number of nitro groups is 1. The van der Waals surface area contributed by atoms with Crippen molar-refractivity contribution >= 4 is 49.5 Å². The monoisotopic (exact) mass is 373 g/mol. The maximum Gasteiger partial charge on any atom is 0.269 e. The standard InChI is InChI=1S/C12H8BrNO4S2/c13-10-5-6-19-12(10)11(15)7-20(18)9-3-1-8(2-4-9)14(16)17/h1-6H,7H2. The van der Waals surface area contributed by atoms with E-state index in [4.69, 9.17) is 0 Å². The van der Waals surface area contributed by atoms with Gasteiger partial charge in [-0.1, -0.05) is 0 Å². The Morgan fingerprint density at radius 1 is 1.30 bits per heavy atom. The number of hydrogen-bond donors (Lipinski definition) is 0. The topological polar surface area (TPSA) is 77.3 Å². The smallest absolute Gasteiger partial charge is 0.269 e. The summed E-state index contributed by atoms with van der Waals surface area (Å²) in [7, 11) is -1.51. The largest absolute Gasteiger partial charge is 0.292 e. The molecule has 0 amide bonds. The number of Topliss-reactive ketones (excluding diaryl/α,β-unsaturated/α-hetero) is 1. The third-order valence-electron chi connectivity index (χ3n) is 2.44. The average Bonchev–Trinajstić information content (AvgIpc) is 2.85. The number of nitro benzene ring substituents is 1. The van der Waals surface area contributed by atoms with Gasteiger partial charge in [0.25, 0.3) is 5.69 Å². The molecule has 0 aliphatic rings. The van der Waals surface area contributed by atoms with Crippen molar-refractivity contribution < 1.29 is 13.9 Å². The second-order valence-corrected chi connectivity index (χ2v) is 6.98. The number of nitrogens with zero attached hydrogens (tertiary/aromatic N) is 1. The van der Waals surface area contributed by atoms with E-state index >= 15 is 0 Å².